The molecule has 2 aliphatic heterocycles. The third kappa shape index (κ3) is 11.5. The molecule has 0 saturated carbocycles. The Hall–Kier alpha value is -4.50. The summed E-state index contributed by atoms with van der Waals surface area (Å²) in [5.74, 6) is -1.21. The van der Waals surface area contributed by atoms with Gasteiger partial charge in [-0.3, -0.25) is 9.59 Å². The summed E-state index contributed by atoms with van der Waals surface area (Å²) in [6, 6.07) is 38.4. The van der Waals surface area contributed by atoms with E-state index in [1.165, 1.54) is 13.8 Å². The van der Waals surface area contributed by atoms with E-state index < -0.39 is 73.4 Å². The molecule has 4 aromatic rings. The summed E-state index contributed by atoms with van der Waals surface area (Å²) in [6.07, 6.45) is -10.7. The summed E-state index contributed by atoms with van der Waals surface area (Å²) in [7, 11) is 0. The van der Waals surface area contributed by atoms with Crippen molar-refractivity contribution in [2.24, 2.45) is 0 Å². The molecule has 0 bridgehead atoms. The minimum Gasteiger partial charge on any atom is -0.456 e. The Morgan fingerprint density at radius 3 is 1.45 bits per heavy atom. The molecule has 2 fully saturated rings. The summed E-state index contributed by atoms with van der Waals surface area (Å²) in [5.41, 5.74) is 3.61. The summed E-state index contributed by atoms with van der Waals surface area (Å²) < 4.78 is 56.6. The molecule has 1 N–H and O–H groups in total. The van der Waals surface area contributed by atoms with Crippen molar-refractivity contribution in [3.63, 3.8) is 0 Å². The first-order chi connectivity index (χ1) is 27.2. The van der Waals surface area contributed by atoms with Crippen molar-refractivity contribution >= 4 is 11.9 Å². The number of hydrogen-bond donors (Lipinski definition) is 1. The summed E-state index contributed by atoms with van der Waals surface area (Å²) in [4.78, 5) is 24.8. The van der Waals surface area contributed by atoms with Gasteiger partial charge < -0.3 is 47.7 Å². The van der Waals surface area contributed by atoms with Gasteiger partial charge in [0.25, 0.3) is 0 Å². The van der Waals surface area contributed by atoms with E-state index in [0.29, 0.717) is 6.61 Å². The molecule has 6 rings (SSSR count). The van der Waals surface area contributed by atoms with E-state index >= 15 is 0 Å². The second-order valence-corrected chi connectivity index (χ2v) is 13.8. The number of hydrogen-bond acceptors (Lipinski definition) is 12. The van der Waals surface area contributed by atoms with Gasteiger partial charge in [-0.15, -0.1) is 0 Å². The van der Waals surface area contributed by atoms with E-state index in [4.69, 9.17) is 42.6 Å². The van der Waals surface area contributed by atoms with E-state index in [2.05, 4.69) is 0 Å². The van der Waals surface area contributed by atoms with Crippen molar-refractivity contribution in [3.8, 4) is 0 Å². The van der Waals surface area contributed by atoms with Gasteiger partial charge in [-0.05, 0) is 29.2 Å². The van der Waals surface area contributed by atoms with Crippen LogP contribution in [0.25, 0.3) is 0 Å². The van der Waals surface area contributed by atoms with Gasteiger partial charge in [0.1, 0.15) is 30.5 Å². The zero-order chi connectivity index (χ0) is 39.3. The van der Waals surface area contributed by atoms with Crippen LogP contribution in [0.4, 0.5) is 0 Å². The molecule has 0 radical (unpaired) electrons. The summed E-state index contributed by atoms with van der Waals surface area (Å²) in [6.45, 7) is 5.02. The van der Waals surface area contributed by atoms with E-state index in [-0.39, 0.29) is 26.4 Å². The second kappa shape index (κ2) is 20.6. The molecule has 2 heterocycles. The van der Waals surface area contributed by atoms with Crippen LogP contribution in [-0.4, -0.2) is 85.1 Å². The van der Waals surface area contributed by atoms with Crippen LogP contribution >= 0.6 is 0 Å². The van der Waals surface area contributed by atoms with Crippen LogP contribution in [0.5, 0.6) is 0 Å². The highest BCUT2D eigenvalue weighted by atomic mass is 16.8. The smallest absolute Gasteiger partial charge is 0.303 e. The van der Waals surface area contributed by atoms with Crippen LogP contribution in [0, 0.1) is 0 Å². The van der Waals surface area contributed by atoms with Crippen LogP contribution in [0.15, 0.2) is 121 Å². The Morgan fingerprint density at radius 1 is 0.536 bits per heavy atom. The van der Waals surface area contributed by atoms with Crippen molar-refractivity contribution < 1.29 is 57.3 Å². The molecule has 0 spiro atoms. The fourth-order valence-electron chi connectivity index (χ4n) is 6.83. The maximum Gasteiger partial charge on any atom is 0.303 e. The molecule has 2 aliphatic rings. The van der Waals surface area contributed by atoms with Crippen molar-refractivity contribution in [2.45, 2.75) is 109 Å². The normalized spacial score (nSPS) is 27.6. The van der Waals surface area contributed by atoms with Gasteiger partial charge in [0.05, 0.1) is 39.1 Å². The first-order valence-corrected chi connectivity index (χ1v) is 18.8. The summed E-state index contributed by atoms with van der Waals surface area (Å²) in [5, 5.41) is 11.8. The number of benzene rings is 4. The number of carbonyl (C=O) groups is 2. The number of aliphatic hydroxyl groups is 1. The maximum absolute atomic E-state index is 12.5. The second-order valence-electron chi connectivity index (χ2n) is 13.8. The first kappa shape index (κ1) is 41.1. The molecule has 0 unspecified atom stereocenters. The Labute approximate surface area is 327 Å². The van der Waals surface area contributed by atoms with Crippen LogP contribution in [0.2, 0.25) is 0 Å². The highest BCUT2D eigenvalue weighted by Gasteiger charge is 2.54. The van der Waals surface area contributed by atoms with Gasteiger partial charge in [-0.25, -0.2) is 0 Å². The van der Waals surface area contributed by atoms with Crippen LogP contribution in [-0.2, 0) is 78.6 Å². The Balaban J connectivity index is 1.32. The van der Waals surface area contributed by atoms with Gasteiger partial charge in [-0.1, -0.05) is 121 Å². The zero-order valence-electron chi connectivity index (χ0n) is 31.8. The number of rotatable bonds is 17. The summed E-state index contributed by atoms with van der Waals surface area (Å²) >= 11 is 0. The third-order valence-corrected chi connectivity index (χ3v) is 9.48. The molecule has 4 aromatic carbocycles. The Kier molecular flexibility index (Phi) is 15.1. The lowest BCUT2D eigenvalue weighted by Crippen LogP contribution is -2.65. The molecule has 12 heteroatoms. The maximum atomic E-state index is 12.5. The molecular formula is C44H50O12. The lowest BCUT2D eigenvalue weighted by atomic mass is 9.96. The van der Waals surface area contributed by atoms with Crippen LogP contribution in [0.3, 0.4) is 0 Å². The van der Waals surface area contributed by atoms with Crippen LogP contribution in [0.1, 0.15) is 43.0 Å². The highest BCUT2D eigenvalue weighted by molar-refractivity contribution is 5.67. The minimum atomic E-state index is -1.55. The molecule has 2 saturated heterocycles. The fourth-order valence-corrected chi connectivity index (χ4v) is 6.83. The molecule has 56 heavy (non-hydrogen) atoms. The quantitative estimate of drug-likeness (QED) is 0.133. The highest BCUT2D eigenvalue weighted by Crippen LogP contribution is 2.35. The van der Waals surface area contributed by atoms with Gasteiger partial charge in [0, 0.05) is 13.8 Å². The van der Waals surface area contributed by atoms with Crippen molar-refractivity contribution in [1.82, 2.24) is 0 Å². The number of aliphatic hydroxyl groups excluding tert-OH is 1. The average Bonchev–Trinajstić information content (AvgIpc) is 3.20. The van der Waals surface area contributed by atoms with Crippen LogP contribution < -0.4 is 0 Å². The Morgan fingerprint density at radius 2 is 0.964 bits per heavy atom. The minimum absolute atomic E-state index is 0.0711. The van der Waals surface area contributed by atoms with Crippen molar-refractivity contribution in [3.05, 3.63) is 144 Å². The molecule has 10 atom stereocenters. The van der Waals surface area contributed by atoms with E-state index in [9.17, 15) is 14.7 Å². The standard InChI is InChI=1S/C44H50O12/c1-29-37(53-30(2)45)40(54-31(3)46)42(51-27-35-22-14-7-15-23-35)44(52-29)56-41-39(50-26-34-20-12-6-13-21-34)38(49-25-33-18-10-5-11-19-33)36(55-43(41)47)28-48-24-32-16-8-4-9-17-32/h4-23,29,36-44,47H,24-28H2,1-3H3/t29-,36+,37+,38+,39-,40+,41-,42-,43-,44-/m0/s1. The van der Waals surface area contributed by atoms with Gasteiger partial charge >= 0.3 is 11.9 Å². The predicted molar refractivity (Wildman–Crippen MR) is 202 cm³/mol. The fraction of sp³-hybridized carbons (Fsp3) is 0.409. The first-order valence-electron chi connectivity index (χ1n) is 18.8. The zero-order valence-corrected chi connectivity index (χ0v) is 31.8. The van der Waals surface area contributed by atoms with Crippen molar-refractivity contribution in [2.75, 3.05) is 6.61 Å². The molecular weight excluding hydrogens is 720 g/mol. The number of esters is 2. The monoisotopic (exact) mass is 770 g/mol. The predicted octanol–water partition coefficient (Wildman–Crippen LogP) is 5.67. The van der Waals surface area contributed by atoms with Gasteiger partial charge in [-0.2, -0.15) is 0 Å². The van der Waals surface area contributed by atoms with E-state index in [1.54, 1.807) is 6.92 Å². The topological polar surface area (TPSA) is 137 Å². The molecule has 12 nitrogen and oxygen atoms in total. The lowest BCUT2D eigenvalue weighted by molar-refractivity contribution is -0.371. The molecule has 0 aliphatic carbocycles. The van der Waals surface area contributed by atoms with Crippen molar-refractivity contribution in [1.29, 1.82) is 0 Å². The van der Waals surface area contributed by atoms with Gasteiger partial charge in [0.2, 0.25) is 0 Å². The molecule has 298 valence electrons. The average molecular weight is 771 g/mol. The van der Waals surface area contributed by atoms with E-state index in [0.717, 1.165) is 22.3 Å². The SMILES string of the molecule is CC(=O)O[C@H]1[C@H](OCc2ccccc2)[C@H](O[C@H]2[C@@H](OCc3ccccc3)[C@H](OCc3ccccc3)[C@@H](COCc3ccccc3)O[C@@H]2O)O[C@@H](C)[C@H]1OC(C)=O. The molecule has 0 amide bonds. The van der Waals surface area contributed by atoms with E-state index in [1.807, 2.05) is 121 Å². The Bertz CT molecular complexity index is 1760. The molecule has 0 aromatic heterocycles. The van der Waals surface area contributed by atoms with Gasteiger partial charge in [0.15, 0.2) is 24.8 Å². The third-order valence-electron chi connectivity index (χ3n) is 9.48. The number of ether oxygens (including phenoxy) is 9. The lowest BCUT2D eigenvalue weighted by Gasteiger charge is -2.48. The number of carbonyl (C=O) groups excluding carboxylic acids is 2. The largest absolute Gasteiger partial charge is 0.456 e.